The molecule has 32 heavy (non-hydrogen) atoms. The molecule has 0 saturated carbocycles. The minimum atomic E-state index is -0.202. The lowest BCUT2D eigenvalue weighted by Crippen LogP contribution is -2.04. The molecule has 5 rings (SSSR count). The van der Waals surface area contributed by atoms with E-state index in [0.29, 0.717) is 46.6 Å². The van der Waals surface area contributed by atoms with Crippen LogP contribution in [0.4, 0.5) is 21.8 Å². The highest BCUT2D eigenvalue weighted by Gasteiger charge is 2.21. The number of pyridine rings is 1. The molecule has 0 spiro atoms. The fraction of sp³-hybridized carbons (Fsp3) is 0.217. The topological polar surface area (TPSA) is 87.2 Å². The van der Waals surface area contributed by atoms with Gasteiger partial charge in [-0.1, -0.05) is 22.6 Å². The molecule has 9 heteroatoms. The fourth-order valence-corrected chi connectivity index (χ4v) is 4.55. The number of alkyl halides is 1. The van der Waals surface area contributed by atoms with Crippen molar-refractivity contribution in [2.75, 3.05) is 24.3 Å². The van der Waals surface area contributed by atoms with Crippen LogP contribution in [0.5, 0.6) is 11.5 Å². The maximum atomic E-state index is 14.4. The maximum Gasteiger partial charge on any atom is 0.209 e. The smallest absolute Gasteiger partial charge is 0.209 e. The third-order valence-electron chi connectivity index (χ3n) is 5.45. The van der Waals surface area contributed by atoms with Gasteiger partial charge < -0.3 is 25.1 Å². The number of hydrogen-bond donors (Lipinski definition) is 2. The van der Waals surface area contributed by atoms with E-state index in [9.17, 15) is 4.39 Å². The summed E-state index contributed by atoms with van der Waals surface area (Å²) in [6.45, 7) is 1.22. The van der Waals surface area contributed by atoms with Crippen molar-refractivity contribution in [2.24, 2.45) is 0 Å². The zero-order valence-corrected chi connectivity index (χ0v) is 19.3. The van der Waals surface area contributed by atoms with Gasteiger partial charge in [-0.3, -0.25) is 0 Å². The van der Waals surface area contributed by atoms with Gasteiger partial charge in [0.1, 0.15) is 23.1 Å². The normalized spacial score (nSPS) is 15.9. The van der Waals surface area contributed by atoms with Gasteiger partial charge in [-0.2, -0.15) is 0 Å². The van der Waals surface area contributed by atoms with Crippen molar-refractivity contribution < 1.29 is 13.9 Å². The van der Waals surface area contributed by atoms with Crippen LogP contribution in [-0.4, -0.2) is 27.7 Å². The Hall–Kier alpha value is -2.92. The first-order valence-corrected chi connectivity index (χ1v) is 11.7. The van der Waals surface area contributed by atoms with Crippen molar-refractivity contribution in [1.29, 1.82) is 0 Å². The fourth-order valence-electron chi connectivity index (χ4n) is 3.86. The van der Waals surface area contributed by atoms with Gasteiger partial charge >= 0.3 is 0 Å². The lowest BCUT2D eigenvalue weighted by molar-refractivity contribution is 0.193. The third-order valence-corrected chi connectivity index (χ3v) is 6.13. The van der Waals surface area contributed by atoms with Crippen molar-refractivity contribution in [3.63, 3.8) is 0 Å². The number of nitrogens with one attached hydrogen (secondary N) is 1. The average Bonchev–Trinajstić information content (AvgIpc) is 3.42. The van der Waals surface area contributed by atoms with Crippen LogP contribution in [0.3, 0.4) is 0 Å². The highest BCUT2D eigenvalue weighted by Crippen LogP contribution is 2.32. The van der Waals surface area contributed by atoms with Crippen LogP contribution in [0.25, 0.3) is 11.0 Å². The summed E-state index contributed by atoms with van der Waals surface area (Å²) in [5, 5.41) is 3.35. The minimum absolute atomic E-state index is 0.0853. The number of rotatable bonds is 6. The Bertz CT molecular complexity index is 1270. The molecular formula is C23H21FIN5O2. The van der Waals surface area contributed by atoms with Gasteiger partial charge in [-0.25, -0.2) is 14.4 Å². The Morgan fingerprint density at radius 3 is 2.84 bits per heavy atom. The molecule has 1 fully saturated rings. The Morgan fingerprint density at radius 1 is 1.19 bits per heavy atom. The second-order valence-electron chi connectivity index (χ2n) is 7.57. The van der Waals surface area contributed by atoms with Gasteiger partial charge in [0.25, 0.3) is 0 Å². The first-order chi connectivity index (χ1) is 15.6. The number of benzene rings is 2. The predicted octanol–water partition coefficient (Wildman–Crippen LogP) is 5.58. The first-order valence-electron chi connectivity index (χ1n) is 10.2. The molecule has 1 aliphatic rings. The molecule has 1 saturated heterocycles. The average molecular weight is 545 g/mol. The van der Waals surface area contributed by atoms with Gasteiger partial charge in [-0.15, -0.1) is 0 Å². The molecule has 2 aromatic heterocycles. The molecule has 7 nitrogen and oxygen atoms in total. The quantitative estimate of drug-likeness (QED) is 0.243. The molecule has 1 aliphatic heterocycles. The van der Waals surface area contributed by atoms with E-state index in [1.807, 2.05) is 24.3 Å². The van der Waals surface area contributed by atoms with Crippen molar-refractivity contribution in [2.45, 2.75) is 16.9 Å². The standard InChI is InChI=1S/C23H21FIN5O2/c24-19-3-1-15(9-18(19)14-6-8-31-12-14)28-23-29-20-10-16(2-4-21(20)30(23)13-25)32-17-5-7-27-22(26)11-17/h1-5,7,9-11,14H,6,8,12-13H2,(H2,26,27)(H,28,29). The van der Waals surface area contributed by atoms with E-state index >= 15 is 0 Å². The Kier molecular flexibility index (Phi) is 5.83. The van der Waals surface area contributed by atoms with Crippen molar-refractivity contribution in [3.05, 3.63) is 66.1 Å². The summed E-state index contributed by atoms with van der Waals surface area (Å²) in [6.07, 6.45) is 2.43. The van der Waals surface area contributed by atoms with Crippen LogP contribution in [-0.2, 0) is 9.29 Å². The summed E-state index contributed by atoms with van der Waals surface area (Å²) in [7, 11) is 0. The molecule has 1 unspecified atom stereocenters. The summed E-state index contributed by atoms with van der Waals surface area (Å²) in [5.41, 5.74) is 8.95. The number of imidazole rings is 1. The van der Waals surface area contributed by atoms with Gasteiger partial charge in [0, 0.05) is 36.5 Å². The van der Waals surface area contributed by atoms with E-state index in [1.165, 1.54) is 6.07 Å². The Balaban J connectivity index is 1.44. The van der Waals surface area contributed by atoms with Crippen LogP contribution < -0.4 is 15.8 Å². The number of nitrogens with two attached hydrogens (primary N) is 1. The number of ether oxygens (including phenoxy) is 2. The second-order valence-corrected chi connectivity index (χ2v) is 8.26. The number of anilines is 3. The molecule has 3 N–H and O–H groups in total. The number of nitrogens with zero attached hydrogens (tertiary/aromatic N) is 3. The van der Waals surface area contributed by atoms with Gasteiger partial charge in [0.15, 0.2) is 0 Å². The van der Waals surface area contributed by atoms with Crippen LogP contribution in [0, 0.1) is 5.82 Å². The molecule has 4 aromatic rings. The monoisotopic (exact) mass is 545 g/mol. The van der Waals surface area contributed by atoms with Crippen LogP contribution >= 0.6 is 22.6 Å². The van der Waals surface area contributed by atoms with Crippen molar-refractivity contribution in [3.8, 4) is 11.5 Å². The molecule has 0 amide bonds. The maximum absolute atomic E-state index is 14.4. The molecule has 0 aliphatic carbocycles. The van der Waals surface area contributed by atoms with Crippen LogP contribution in [0.2, 0.25) is 0 Å². The number of halogens is 2. The van der Waals surface area contributed by atoms with E-state index < -0.39 is 0 Å². The van der Waals surface area contributed by atoms with E-state index in [1.54, 1.807) is 24.4 Å². The molecule has 164 valence electrons. The highest BCUT2D eigenvalue weighted by molar-refractivity contribution is 14.1. The van der Waals surface area contributed by atoms with Crippen LogP contribution in [0.1, 0.15) is 17.9 Å². The van der Waals surface area contributed by atoms with E-state index in [4.69, 9.17) is 20.2 Å². The molecule has 1 atom stereocenters. The molecule has 0 radical (unpaired) electrons. The Labute approximate surface area is 197 Å². The zero-order chi connectivity index (χ0) is 22.1. The van der Waals surface area contributed by atoms with Crippen LogP contribution in [0.15, 0.2) is 54.7 Å². The number of fused-ring (bicyclic) bond motifs is 1. The molecule has 0 bridgehead atoms. The predicted molar refractivity (Wildman–Crippen MR) is 130 cm³/mol. The molecular weight excluding hydrogens is 524 g/mol. The van der Waals surface area contributed by atoms with E-state index in [2.05, 4.69) is 37.5 Å². The zero-order valence-electron chi connectivity index (χ0n) is 17.1. The van der Waals surface area contributed by atoms with Gasteiger partial charge in [0.2, 0.25) is 5.95 Å². The molecule has 2 aromatic carbocycles. The SMILES string of the molecule is Nc1cc(Oc2ccc3c(c2)nc(Nc2ccc(F)c(C4CCOC4)c2)n3CI)ccn1. The van der Waals surface area contributed by atoms with Crippen molar-refractivity contribution >= 4 is 51.1 Å². The third kappa shape index (κ3) is 4.22. The summed E-state index contributed by atoms with van der Waals surface area (Å²) in [4.78, 5) is 8.74. The lowest BCUT2D eigenvalue weighted by Gasteiger charge is -2.13. The number of hydrogen-bond acceptors (Lipinski definition) is 6. The summed E-state index contributed by atoms with van der Waals surface area (Å²) < 4.78 is 28.5. The minimum Gasteiger partial charge on any atom is -0.457 e. The Morgan fingerprint density at radius 2 is 2.06 bits per heavy atom. The summed E-state index contributed by atoms with van der Waals surface area (Å²) in [5.74, 6) is 2.22. The van der Waals surface area contributed by atoms with Gasteiger partial charge in [-0.05, 0) is 48.4 Å². The number of aromatic nitrogens is 3. The van der Waals surface area contributed by atoms with E-state index in [-0.39, 0.29) is 11.7 Å². The highest BCUT2D eigenvalue weighted by atomic mass is 127. The summed E-state index contributed by atoms with van der Waals surface area (Å²) >= 11 is 2.29. The van der Waals surface area contributed by atoms with Gasteiger partial charge in [0.05, 0.1) is 22.2 Å². The summed E-state index contributed by atoms with van der Waals surface area (Å²) in [6, 6.07) is 14.2. The van der Waals surface area contributed by atoms with E-state index in [0.717, 1.165) is 23.1 Å². The number of nitrogen functional groups attached to an aromatic ring is 1. The molecule has 3 heterocycles. The lowest BCUT2D eigenvalue weighted by atomic mass is 9.97. The second kappa shape index (κ2) is 8.91. The largest absolute Gasteiger partial charge is 0.457 e. The first kappa shape index (κ1) is 21.0. The van der Waals surface area contributed by atoms with Crippen molar-refractivity contribution in [1.82, 2.24) is 14.5 Å².